The predicted molar refractivity (Wildman–Crippen MR) is 102 cm³/mol. The number of thiophene rings is 1. The first-order chi connectivity index (χ1) is 12.0. The van der Waals surface area contributed by atoms with Gasteiger partial charge in [0.25, 0.3) is 0 Å². The molecule has 3 aromatic heterocycles. The van der Waals surface area contributed by atoms with Crippen LogP contribution in [0.4, 0.5) is 0 Å². The van der Waals surface area contributed by atoms with Gasteiger partial charge < -0.3 is 9.88 Å². The zero-order chi connectivity index (χ0) is 17.8. The number of nitrogens with one attached hydrogen (secondary N) is 1. The molecule has 1 N–H and O–H groups in total. The van der Waals surface area contributed by atoms with Crippen LogP contribution in [0.1, 0.15) is 35.1 Å². The van der Waals surface area contributed by atoms with Crippen molar-refractivity contribution >= 4 is 28.6 Å². The largest absolute Gasteiger partial charge is 0.346 e. The van der Waals surface area contributed by atoms with Crippen molar-refractivity contribution in [2.24, 2.45) is 5.92 Å². The van der Waals surface area contributed by atoms with Crippen molar-refractivity contribution in [3.8, 4) is 0 Å². The smallest absolute Gasteiger partial charge is 0.225 e. The quantitative estimate of drug-likeness (QED) is 0.685. The SMILES string of the molecule is Cc1csc([C@@H](Cc2ccsc2)NC(=O)[C@@H](C)Cn2ccnc2C)n1. The van der Waals surface area contributed by atoms with Crippen molar-refractivity contribution in [1.82, 2.24) is 19.9 Å². The molecule has 0 aliphatic heterocycles. The van der Waals surface area contributed by atoms with Crippen molar-refractivity contribution in [3.63, 3.8) is 0 Å². The normalized spacial score (nSPS) is 13.6. The highest BCUT2D eigenvalue weighted by Crippen LogP contribution is 2.24. The molecule has 0 radical (unpaired) electrons. The number of thiazole rings is 1. The molecule has 132 valence electrons. The molecule has 0 bridgehead atoms. The molecule has 1 amide bonds. The number of carbonyl (C=O) groups is 1. The van der Waals surface area contributed by atoms with Crippen LogP contribution in [-0.4, -0.2) is 20.4 Å². The van der Waals surface area contributed by atoms with Gasteiger partial charge in [0.2, 0.25) is 5.91 Å². The molecule has 7 heteroatoms. The number of nitrogens with zero attached hydrogens (tertiary/aromatic N) is 3. The molecule has 0 aliphatic carbocycles. The molecule has 25 heavy (non-hydrogen) atoms. The summed E-state index contributed by atoms with van der Waals surface area (Å²) in [6, 6.07) is 2.01. The fourth-order valence-electron chi connectivity index (χ4n) is 2.67. The Labute approximate surface area is 155 Å². The van der Waals surface area contributed by atoms with Crippen molar-refractivity contribution in [1.29, 1.82) is 0 Å². The van der Waals surface area contributed by atoms with E-state index in [1.807, 2.05) is 36.9 Å². The minimum absolute atomic E-state index is 0.0428. The summed E-state index contributed by atoms with van der Waals surface area (Å²) in [6.07, 6.45) is 4.43. The van der Waals surface area contributed by atoms with E-state index in [9.17, 15) is 4.79 Å². The van der Waals surface area contributed by atoms with Crippen molar-refractivity contribution in [2.45, 2.75) is 39.8 Å². The third kappa shape index (κ3) is 4.55. The number of imidazole rings is 1. The van der Waals surface area contributed by atoms with Crippen LogP contribution >= 0.6 is 22.7 Å². The summed E-state index contributed by atoms with van der Waals surface area (Å²) in [7, 11) is 0. The highest BCUT2D eigenvalue weighted by atomic mass is 32.1. The first-order valence-corrected chi connectivity index (χ1v) is 10.1. The molecule has 0 saturated carbocycles. The van der Waals surface area contributed by atoms with E-state index in [4.69, 9.17) is 0 Å². The Bertz CT molecular complexity index is 822. The lowest BCUT2D eigenvalue weighted by molar-refractivity contribution is -0.125. The molecule has 0 saturated heterocycles. The Balaban J connectivity index is 1.70. The summed E-state index contributed by atoms with van der Waals surface area (Å²) < 4.78 is 2.01. The molecule has 0 aliphatic rings. The van der Waals surface area contributed by atoms with Gasteiger partial charge in [0.05, 0.1) is 12.0 Å². The maximum absolute atomic E-state index is 12.7. The zero-order valence-electron chi connectivity index (χ0n) is 14.6. The maximum Gasteiger partial charge on any atom is 0.225 e. The molecule has 0 spiro atoms. The molecule has 3 rings (SSSR count). The van der Waals surface area contributed by atoms with E-state index in [0.29, 0.717) is 6.54 Å². The summed E-state index contributed by atoms with van der Waals surface area (Å²) >= 11 is 3.27. The van der Waals surface area contributed by atoms with Gasteiger partial charge in [0.1, 0.15) is 10.8 Å². The lowest BCUT2D eigenvalue weighted by Crippen LogP contribution is -2.35. The number of amides is 1. The average molecular weight is 375 g/mol. The molecule has 0 fully saturated rings. The third-order valence-electron chi connectivity index (χ3n) is 4.11. The summed E-state index contributed by atoms with van der Waals surface area (Å²) in [6.45, 7) is 6.50. The molecule has 3 aromatic rings. The lowest BCUT2D eigenvalue weighted by atomic mass is 10.1. The molecule has 0 aromatic carbocycles. The molecule has 0 unspecified atom stereocenters. The van der Waals surface area contributed by atoms with Crippen LogP contribution in [0.3, 0.4) is 0 Å². The Morgan fingerprint density at radius 2 is 2.20 bits per heavy atom. The van der Waals surface area contributed by atoms with Gasteiger partial charge in [0, 0.05) is 36.4 Å². The Morgan fingerprint density at radius 3 is 2.80 bits per heavy atom. The second-order valence-corrected chi connectivity index (χ2v) is 7.92. The fourth-order valence-corrected chi connectivity index (χ4v) is 4.19. The number of aryl methyl sites for hydroxylation is 2. The molecular weight excluding hydrogens is 352 g/mol. The third-order valence-corrected chi connectivity index (χ3v) is 5.92. The Hall–Kier alpha value is -1.99. The molecule has 5 nitrogen and oxygen atoms in total. The zero-order valence-corrected chi connectivity index (χ0v) is 16.2. The van der Waals surface area contributed by atoms with E-state index in [1.165, 1.54) is 5.56 Å². The van der Waals surface area contributed by atoms with Gasteiger partial charge in [-0.25, -0.2) is 9.97 Å². The average Bonchev–Trinajstić information content (AvgIpc) is 3.31. The van der Waals surface area contributed by atoms with E-state index in [2.05, 4.69) is 32.1 Å². The van der Waals surface area contributed by atoms with Crippen molar-refractivity contribution in [2.75, 3.05) is 0 Å². The summed E-state index contributed by atoms with van der Waals surface area (Å²) in [4.78, 5) is 21.5. The van der Waals surface area contributed by atoms with Crippen LogP contribution in [0.5, 0.6) is 0 Å². The minimum atomic E-state index is -0.140. The van der Waals surface area contributed by atoms with E-state index < -0.39 is 0 Å². The van der Waals surface area contributed by atoms with Crippen LogP contribution in [0, 0.1) is 19.8 Å². The van der Waals surface area contributed by atoms with Crippen molar-refractivity contribution < 1.29 is 4.79 Å². The van der Waals surface area contributed by atoms with E-state index in [1.54, 1.807) is 28.9 Å². The van der Waals surface area contributed by atoms with Crippen LogP contribution in [0.15, 0.2) is 34.6 Å². The van der Waals surface area contributed by atoms with Gasteiger partial charge >= 0.3 is 0 Å². The highest BCUT2D eigenvalue weighted by Gasteiger charge is 2.22. The van der Waals surface area contributed by atoms with Gasteiger partial charge in [-0.3, -0.25) is 4.79 Å². The fraction of sp³-hybridized carbons (Fsp3) is 0.389. The van der Waals surface area contributed by atoms with Gasteiger partial charge in [-0.15, -0.1) is 11.3 Å². The lowest BCUT2D eigenvalue weighted by Gasteiger charge is -2.20. The molecule has 2 atom stereocenters. The van der Waals surface area contributed by atoms with E-state index in [-0.39, 0.29) is 17.9 Å². The van der Waals surface area contributed by atoms with Crippen molar-refractivity contribution in [3.05, 3.63) is 56.7 Å². The van der Waals surface area contributed by atoms with Crippen LogP contribution in [0.25, 0.3) is 0 Å². The Morgan fingerprint density at radius 1 is 1.36 bits per heavy atom. The highest BCUT2D eigenvalue weighted by molar-refractivity contribution is 7.09. The second kappa shape index (κ2) is 7.93. The predicted octanol–water partition coefficient (Wildman–Crippen LogP) is 3.75. The minimum Gasteiger partial charge on any atom is -0.346 e. The monoisotopic (exact) mass is 374 g/mol. The summed E-state index contributed by atoms with van der Waals surface area (Å²) in [5.41, 5.74) is 2.22. The summed E-state index contributed by atoms with van der Waals surface area (Å²) in [5.74, 6) is 0.824. The first kappa shape index (κ1) is 17.8. The number of carbonyl (C=O) groups excluding carboxylic acids is 1. The molecular formula is C18H22N4OS2. The van der Waals surface area contributed by atoms with Gasteiger partial charge in [-0.05, 0) is 36.2 Å². The van der Waals surface area contributed by atoms with Gasteiger partial charge in [-0.2, -0.15) is 11.3 Å². The van der Waals surface area contributed by atoms with E-state index >= 15 is 0 Å². The molecule has 3 heterocycles. The van der Waals surface area contributed by atoms with Crippen LogP contribution in [0.2, 0.25) is 0 Å². The number of aromatic nitrogens is 3. The standard InChI is InChI=1S/C18H22N4OS2/c1-12(9-22-6-5-19-14(22)3)17(23)21-16(8-15-4-7-24-11-15)18-20-13(2)10-25-18/h4-7,10-12,16H,8-9H2,1-3H3,(H,21,23)/t12-,16+/m0/s1. The summed E-state index contributed by atoms with van der Waals surface area (Å²) in [5, 5.41) is 10.4. The topological polar surface area (TPSA) is 59.8 Å². The van der Waals surface area contributed by atoms with Crippen LogP contribution < -0.4 is 5.32 Å². The van der Waals surface area contributed by atoms with Gasteiger partial charge in [-0.1, -0.05) is 6.92 Å². The number of hydrogen-bond donors (Lipinski definition) is 1. The first-order valence-electron chi connectivity index (χ1n) is 8.24. The van der Waals surface area contributed by atoms with Crippen LogP contribution in [-0.2, 0) is 17.8 Å². The second-order valence-electron chi connectivity index (χ2n) is 6.25. The van der Waals surface area contributed by atoms with Gasteiger partial charge in [0.15, 0.2) is 0 Å². The van der Waals surface area contributed by atoms with E-state index in [0.717, 1.165) is 22.9 Å². The Kier molecular flexibility index (Phi) is 5.65. The number of hydrogen-bond acceptors (Lipinski definition) is 5. The maximum atomic E-state index is 12.7. The number of rotatable bonds is 7.